The van der Waals surface area contributed by atoms with Crippen LogP contribution in [0.15, 0.2) is 12.2 Å². The lowest BCUT2D eigenvalue weighted by Gasteiger charge is -2.41. The summed E-state index contributed by atoms with van der Waals surface area (Å²) in [5.41, 5.74) is -0.832. The van der Waals surface area contributed by atoms with Gasteiger partial charge >= 0.3 is 0 Å². The van der Waals surface area contributed by atoms with E-state index in [2.05, 4.69) is 27.4 Å². The highest BCUT2D eigenvalue weighted by Crippen LogP contribution is 2.71. The lowest BCUT2D eigenvalue weighted by atomic mass is 9.66. The molecular weight excluding hydrogens is 228 g/mol. The molecule has 0 heterocycles. The van der Waals surface area contributed by atoms with Crippen molar-refractivity contribution in [3.63, 3.8) is 0 Å². The molecule has 0 aromatic heterocycles. The molecule has 3 fully saturated rings. The molecule has 3 saturated carbocycles. The van der Waals surface area contributed by atoms with Crippen LogP contribution in [0.2, 0.25) is 0 Å². The Hall–Kier alpha value is -0.380. The highest BCUT2D eigenvalue weighted by Gasteiger charge is 2.74. The number of hydrogen-bond donors (Lipinski definition) is 3. The minimum atomic E-state index is -1.09. The second kappa shape index (κ2) is 3.20. The van der Waals surface area contributed by atoms with Crippen molar-refractivity contribution < 1.29 is 15.3 Å². The summed E-state index contributed by atoms with van der Waals surface area (Å²) >= 11 is 0. The molecule has 0 aromatic rings. The monoisotopic (exact) mass is 252 g/mol. The molecule has 3 aliphatic carbocycles. The maximum Gasteiger partial charge on any atom is 0.0972 e. The number of aliphatic hydroxyl groups is 3. The maximum absolute atomic E-state index is 11.2. The van der Waals surface area contributed by atoms with E-state index >= 15 is 0 Å². The van der Waals surface area contributed by atoms with Crippen LogP contribution in [0.25, 0.3) is 0 Å². The van der Waals surface area contributed by atoms with Gasteiger partial charge in [0, 0.05) is 17.3 Å². The number of aliphatic hydroxyl groups excluding tert-OH is 2. The van der Waals surface area contributed by atoms with Crippen LogP contribution < -0.4 is 0 Å². The van der Waals surface area contributed by atoms with Crippen LogP contribution in [0.5, 0.6) is 0 Å². The van der Waals surface area contributed by atoms with Gasteiger partial charge in [0.15, 0.2) is 0 Å². The molecule has 0 aromatic carbocycles. The van der Waals surface area contributed by atoms with Crippen LogP contribution in [0.3, 0.4) is 0 Å². The first kappa shape index (κ1) is 12.6. The Bertz CT molecular complexity index is 416. The van der Waals surface area contributed by atoms with Gasteiger partial charge in [-0.15, -0.1) is 0 Å². The van der Waals surface area contributed by atoms with E-state index in [0.717, 1.165) is 12.8 Å². The minimum absolute atomic E-state index is 0.0119. The Kier molecular flexibility index (Phi) is 2.24. The van der Waals surface area contributed by atoms with Crippen molar-refractivity contribution in [1.29, 1.82) is 0 Å². The van der Waals surface area contributed by atoms with E-state index < -0.39 is 17.8 Å². The maximum atomic E-state index is 11.2. The number of fused-ring (bicyclic) bond motifs is 3. The van der Waals surface area contributed by atoms with Gasteiger partial charge in [-0.25, -0.2) is 0 Å². The van der Waals surface area contributed by atoms with Crippen molar-refractivity contribution in [2.24, 2.45) is 22.7 Å². The molecule has 3 rings (SSSR count). The minimum Gasteiger partial charge on any atom is -0.392 e. The zero-order valence-corrected chi connectivity index (χ0v) is 11.5. The van der Waals surface area contributed by atoms with E-state index in [1.54, 1.807) is 0 Å². The average Bonchev–Trinajstić information content (AvgIpc) is 2.72. The van der Waals surface area contributed by atoms with Crippen molar-refractivity contribution in [1.82, 2.24) is 0 Å². The molecule has 0 amide bonds. The zero-order chi connectivity index (χ0) is 13.5. The molecular formula is C15H24O3. The third-order valence-electron chi connectivity index (χ3n) is 6.20. The highest BCUT2D eigenvalue weighted by molar-refractivity contribution is 5.36. The standard InChI is InChI=1S/C15H24O3/c1-8-10(16)7-9-11(17)14(4)6-5-13(2,3)12(14)15(8,9)18/h9-12,16-18H,1,5-7H2,2-4H3/t9-,10+,11+,12-,14-,15-/m1/s1. The van der Waals surface area contributed by atoms with Crippen LogP contribution in [0, 0.1) is 22.7 Å². The highest BCUT2D eigenvalue weighted by atomic mass is 16.3. The van der Waals surface area contributed by atoms with Gasteiger partial charge in [-0.05, 0) is 30.3 Å². The second-order valence-corrected chi connectivity index (χ2v) is 7.58. The molecule has 0 bridgehead atoms. The second-order valence-electron chi connectivity index (χ2n) is 7.58. The molecule has 0 unspecified atom stereocenters. The first-order valence-electron chi connectivity index (χ1n) is 6.93. The van der Waals surface area contributed by atoms with E-state index in [1.165, 1.54) is 0 Å². The first-order valence-corrected chi connectivity index (χ1v) is 6.93. The molecule has 0 aliphatic heterocycles. The quantitative estimate of drug-likeness (QED) is 0.572. The van der Waals surface area contributed by atoms with Gasteiger partial charge in [0.25, 0.3) is 0 Å². The molecule has 0 radical (unpaired) electrons. The summed E-state index contributed by atoms with van der Waals surface area (Å²) in [6, 6.07) is 0. The smallest absolute Gasteiger partial charge is 0.0972 e. The summed E-state index contributed by atoms with van der Waals surface area (Å²) < 4.78 is 0. The summed E-state index contributed by atoms with van der Waals surface area (Å²) in [6.07, 6.45) is 1.18. The van der Waals surface area contributed by atoms with Crippen LogP contribution >= 0.6 is 0 Å². The number of rotatable bonds is 0. The summed E-state index contributed by atoms with van der Waals surface area (Å²) in [6.45, 7) is 10.3. The Balaban J connectivity index is 2.16. The lowest BCUT2D eigenvalue weighted by molar-refractivity contribution is -0.0403. The lowest BCUT2D eigenvalue weighted by Crippen LogP contribution is -2.46. The normalized spacial score (nSPS) is 57.8. The van der Waals surface area contributed by atoms with Gasteiger partial charge in [-0.2, -0.15) is 0 Å². The molecule has 6 atom stereocenters. The van der Waals surface area contributed by atoms with Crippen molar-refractivity contribution in [3.8, 4) is 0 Å². The Morgan fingerprint density at radius 3 is 2.39 bits per heavy atom. The van der Waals surface area contributed by atoms with Crippen molar-refractivity contribution >= 4 is 0 Å². The average molecular weight is 252 g/mol. The molecule has 0 saturated heterocycles. The van der Waals surface area contributed by atoms with Gasteiger partial charge in [-0.1, -0.05) is 27.4 Å². The molecule has 0 spiro atoms. The Morgan fingerprint density at radius 2 is 1.78 bits per heavy atom. The van der Waals surface area contributed by atoms with E-state index in [-0.39, 0.29) is 22.7 Å². The number of hydrogen-bond acceptors (Lipinski definition) is 3. The van der Waals surface area contributed by atoms with Crippen LogP contribution in [-0.2, 0) is 0 Å². The van der Waals surface area contributed by atoms with Crippen LogP contribution in [-0.4, -0.2) is 33.1 Å². The summed E-state index contributed by atoms with van der Waals surface area (Å²) in [4.78, 5) is 0. The SMILES string of the molecule is C=C1[C@@H](O)C[C@@H]2[C@H](O)[C@@]3(C)CCC(C)(C)[C@H]3[C@@]12O. The van der Waals surface area contributed by atoms with E-state index in [0.29, 0.717) is 12.0 Å². The van der Waals surface area contributed by atoms with E-state index in [1.807, 2.05) is 0 Å². The predicted octanol–water partition coefficient (Wildman–Crippen LogP) is 1.47. The summed E-state index contributed by atoms with van der Waals surface area (Å²) in [5.74, 6) is -0.267. The largest absolute Gasteiger partial charge is 0.392 e. The van der Waals surface area contributed by atoms with Gasteiger partial charge in [-0.3, -0.25) is 0 Å². The molecule has 3 nitrogen and oxygen atoms in total. The topological polar surface area (TPSA) is 60.7 Å². The zero-order valence-electron chi connectivity index (χ0n) is 11.5. The van der Waals surface area contributed by atoms with Gasteiger partial charge in [0.1, 0.15) is 0 Å². The Labute approximate surface area is 109 Å². The Morgan fingerprint density at radius 1 is 1.17 bits per heavy atom. The third-order valence-corrected chi connectivity index (χ3v) is 6.20. The third kappa shape index (κ3) is 1.12. The van der Waals surface area contributed by atoms with E-state index in [9.17, 15) is 15.3 Å². The van der Waals surface area contributed by atoms with Gasteiger partial charge in [0.05, 0.1) is 17.8 Å². The van der Waals surface area contributed by atoms with Crippen molar-refractivity contribution in [3.05, 3.63) is 12.2 Å². The summed E-state index contributed by atoms with van der Waals surface area (Å²) in [7, 11) is 0. The first-order chi connectivity index (χ1) is 8.15. The molecule has 3 N–H and O–H groups in total. The summed E-state index contributed by atoms with van der Waals surface area (Å²) in [5, 5.41) is 31.8. The molecule has 3 heteroatoms. The van der Waals surface area contributed by atoms with Crippen molar-refractivity contribution in [2.45, 2.75) is 57.8 Å². The van der Waals surface area contributed by atoms with E-state index in [4.69, 9.17) is 0 Å². The predicted molar refractivity (Wildman–Crippen MR) is 68.8 cm³/mol. The van der Waals surface area contributed by atoms with Crippen LogP contribution in [0.4, 0.5) is 0 Å². The van der Waals surface area contributed by atoms with Gasteiger partial charge in [0.2, 0.25) is 0 Å². The fourth-order valence-corrected chi connectivity index (χ4v) is 5.49. The molecule has 3 aliphatic rings. The molecule has 102 valence electrons. The fourth-order valence-electron chi connectivity index (χ4n) is 5.49. The molecule has 18 heavy (non-hydrogen) atoms. The van der Waals surface area contributed by atoms with Crippen LogP contribution in [0.1, 0.15) is 40.0 Å². The van der Waals surface area contributed by atoms with Crippen molar-refractivity contribution in [2.75, 3.05) is 0 Å². The fraction of sp³-hybridized carbons (Fsp3) is 0.867. The van der Waals surface area contributed by atoms with Gasteiger partial charge < -0.3 is 15.3 Å².